The van der Waals surface area contributed by atoms with Crippen LogP contribution in [0.1, 0.15) is 30.5 Å². The van der Waals surface area contributed by atoms with Crippen LogP contribution < -0.4 is 10.1 Å². The Bertz CT molecular complexity index is 765. The van der Waals surface area contributed by atoms with Gasteiger partial charge in [0.15, 0.2) is 0 Å². The van der Waals surface area contributed by atoms with Crippen LogP contribution in [-0.4, -0.2) is 42.6 Å². The molecule has 0 unspecified atom stereocenters. The van der Waals surface area contributed by atoms with Gasteiger partial charge in [-0.1, -0.05) is 50.2 Å². The third kappa shape index (κ3) is 7.34. The molecule has 2 rings (SSSR count). The van der Waals surface area contributed by atoms with E-state index in [0.717, 1.165) is 30.8 Å². The molecule has 7 heteroatoms. The number of halogens is 2. The number of carbonyl (C=O) groups excluding carboxylic acids is 1. The zero-order valence-electron chi connectivity index (χ0n) is 17.2. The lowest BCUT2D eigenvalue weighted by molar-refractivity contribution is -0.0498. The molecule has 0 saturated heterocycles. The lowest BCUT2D eigenvalue weighted by Crippen LogP contribution is -2.36. The van der Waals surface area contributed by atoms with Gasteiger partial charge in [-0.3, -0.25) is 4.90 Å². The molecule has 0 fully saturated rings. The van der Waals surface area contributed by atoms with Crippen LogP contribution in [0.3, 0.4) is 0 Å². The quantitative estimate of drug-likeness (QED) is 0.634. The van der Waals surface area contributed by atoms with Crippen LogP contribution in [-0.2, 0) is 19.6 Å². The Balaban J connectivity index is 1.90. The molecule has 5 nitrogen and oxygen atoms in total. The van der Waals surface area contributed by atoms with Crippen molar-refractivity contribution in [1.29, 1.82) is 0 Å². The fraction of sp³-hybridized carbons (Fsp3) is 0.409. The van der Waals surface area contributed by atoms with Crippen molar-refractivity contribution in [3.8, 4) is 5.75 Å². The highest BCUT2D eigenvalue weighted by Gasteiger charge is 2.12. The molecule has 0 aromatic heterocycles. The summed E-state index contributed by atoms with van der Waals surface area (Å²) < 4.78 is 28.8. The monoisotopic (exact) mass is 405 g/mol. The molecule has 2 aromatic rings. The molecule has 0 aliphatic rings. The summed E-state index contributed by atoms with van der Waals surface area (Å²) in [5.74, 6) is 0.0978. The Hall–Kier alpha value is -2.67. The minimum absolute atomic E-state index is 0.0978. The van der Waals surface area contributed by atoms with Crippen molar-refractivity contribution in [1.82, 2.24) is 15.1 Å². The molecule has 0 heterocycles. The van der Waals surface area contributed by atoms with E-state index in [-0.39, 0.29) is 11.8 Å². The molecule has 2 amide bonds. The molecule has 0 radical (unpaired) electrons. The first-order valence-electron chi connectivity index (χ1n) is 9.74. The van der Waals surface area contributed by atoms with Gasteiger partial charge in [0.1, 0.15) is 5.75 Å². The van der Waals surface area contributed by atoms with Crippen LogP contribution in [0.2, 0.25) is 0 Å². The summed E-state index contributed by atoms with van der Waals surface area (Å²) in [6.45, 7) is 5.02. The molecule has 1 N–H and O–H groups in total. The lowest BCUT2D eigenvalue weighted by Gasteiger charge is -2.21. The smallest absolute Gasteiger partial charge is 0.387 e. The maximum absolute atomic E-state index is 12.5. The van der Waals surface area contributed by atoms with Gasteiger partial charge in [0.05, 0.1) is 0 Å². The van der Waals surface area contributed by atoms with Gasteiger partial charge < -0.3 is 15.0 Å². The number of amides is 2. The summed E-state index contributed by atoms with van der Waals surface area (Å²) in [5.41, 5.74) is 3.12. The third-order valence-electron chi connectivity index (χ3n) is 4.75. The summed E-state index contributed by atoms with van der Waals surface area (Å²) in [7, 11) is 1.70. The minimum Gasteiger partial charge on any atom is -0.435 e. The molecule has 0 aliphatic carbocycles. The number of alkyl halides is 2. The van der Waals surface area contributed by atoms with Crippen LogP contribution in [0, 0.1) is 0 Å². The Morgan fingerprint density at radius 2 is 1.62 bits per heavy atom. The summed E-state index contributed by atoms with van der Waals surface area (Å²) >= 11 is 0. The van der Waals surface area contributed by atoms with Crippen molar-refractivity contribution in [2.24, 2.45) is 0 Å². The number of benzene rings is 2. The highest BCUT2D eigenvalue weighted by Crippen LogP contribution is 2.16. The molecule has 158 valence electrons. The number of hydrogen-bond acceptors (Lipinski definition) is 3. The standard InChI is InChI=1S/C22H29F2N3O2/c1-4-27(5-2)16-19-9-7-6-8-18(19)14-25-22(28)26(3)15-17-10-12-20(13-11-17)29-21(23)24/h6-13,21H,4-5,14-16H2,1-3H3,(H,25,28). The van der Waals surface area contributed by atoms with E-state index in [2.05, 4.69) is 34.9 Å². The summed E-state index contributed by atoms with van der Waals surface area (Å²) in [6.07, 6.45) is 0. The topological polar surface area (TPSA) is 44.8 Å². The molecule has 0 aliphatic heterocycles. The Morgan fingerprint density at radius 3 is 2.21 bits per heavy atom. The van der Waals surface area contributed by atoms with Crippen LogP contribution in [0.4, 0.5) is 13.6 Å². The number of ether oxygens (including phenoxy) is 1. The average Bonchev–Trinajstić information content (AvgIpc) is 2.71. The first kappa shape index (κ1) is 22.6. The van der Waals surface area contributed by atoms with Gasteiger partial charge in [-0.05, 0) is 41.9 Å². The van der Waals surface area contributed by atoms with Crippen LogP contribution in [0.25, 0.3) is 0 Å². The SMILES string of the molecule is CCN(CC)Cc1ccccc1CNC(=O)N(C)Cc1ccc(OC(F)F)cc1. The zero-order chi connectivity index (χ0) is 21.2. The van der Waals surface area contributed by atoms with Crippen molar-refractivity contribution in [3.05, 3.63) is 65.2 Å². The second-order valence-corrected chi connectivity index (χ2v) is 6.77. The van der Waals surface area contributed by atoms with Crippen LogP contribution in [0.5, 0.6) is 5.75 Å². The number of carbonyl (C=O) groups is 1. The van der Waals surface area contributed by atoms with Crippen LogP contribution >= 0.6 is 0 Å². The number of hydrogen-bond donors (Lipinski definition) is 1. The van der Waals surface area contributed by atoms with Gasteiger partial charge >= 0.3 is 12.6 Å². The van der Waals surface area contributed by atoms with E-state index in [4.69, 9.17) is 0 Å². The van der Waals surface area contributed by atoms with Gasteiger partial charge in [-0.15, -0.1) is 0 Å². The van der Waals surface area contributed by atoms with Crippen molar-refractivity contribution in [3.63, 3.8) is 0 Å². The number of urea groups is 1. The van der Waals surface area contributed by atoms with Crippen molar-refractivity contribution >= 4 is 6.03 Å². The second kappa shape index (κ2) is 11.4. The van der Waals surface area contributed by atoms with E-state index in [1.807, 2.05) is 18.2 Å². The molecule has 0 spiro atoms. The van der Waals surface area contributed by atoms with Gasteiger partial charge in [0.25, 0.3) is 0 Å². The highest BCUT2D eigenvalue weighted by atomic mass is 19.3. The normalized spacial score (nSPS) is 11.0. The average molecular weight is 405 g/mol. The molecule has 29 heavy (non-hydrogen) atoms. The second-order valence-electron chi connectivity index (χ2n) is 6.77. The first-order valence-corrected chi connectivity index (χ1v) is 9.74. The fourth-order valence-electron chi connectivity index (χ4n) is 3.00. The summed E-state index contributed by atoms with van der Waals surface area (Å²) in [5, 5.41) is 2.95. The van der Waals surface area contributed by atoms with Crippen molar-refractivity contribution in [2.45, 2.75) is 40.1 Å². The van der Waals surface area contributed by atoms with Crippen LogP contribution in [0.15, 0.2) is 48.5 Å². The van der Waals surface area contributed by atoms with E-state index in [1.54, 1.807) is 24.1 Å². The third-order valence-corrected chi connectivity index (χ3v) is 4.75. The number of nitrogens with one attached hydrogen (secondary N) is 1. The molecule has 0 saturated carbocycles. The van der Waals surface area contributed by atoms with Crippen molar-refractivity contribution in [2.75, 3.05) is 20.1 Å². The number of nitrogens with zero attached hydrogens (tertiary/aromatic N) is 2. The van der Waals surface area contributed by atoms with Gasteiger partial charge in [-0.25, -0.2) is 4.79 Å². The van der Waals surface area contributed by atoms with E-state index < -0.39 is 6.61 Å². The predicted molar refractivity (Wildman–Crippen MR) is 110 cm³/mol. The maximum Gasteiger partial charge on any atom is 0.387 e. The van der Waals surface area contributed by atoms with E-state index >= 15 is 0 Å². The van der Waals surface area contributed by atoms with Gasteiger partial charge in [0, 0.05) is 26.7 Å². The predicted octanol–water partition coefficient (Wildman–Crippen LogP) is 4.47. The lowest BCUT2D eigenvalue weighted by atomic mass is 10.1. The molecular formula is C22H29F2N3O2. The Morgan fingerprint density at radius 1 is 1.00 bits per heavy atom. The Kier molecular flexibility index (Phi) is 8.86. The Labute approximate surface area is 171 Å². The summed E-state index contributed by atoms with van der Waals surface area (Å²) in [4.78, 5) is 16.3. The van der Waals surface area contributed by atoms with E-state index in [0.29, 0.717) is 13.1 Å². The first-order chi connectivity index (χ1) is 13.9. The fourth-order valence-corrected chi connectivity index (χ4v) is 3.00. The van der Waals surface area contributed by atoms with Crippen molar-refractivity contribution < 1.29 is 18.3 Å². The van der Waals surface area contributed by atoms with E-state index in [9.17, 15) is 13.6 Å². The number of rotatable bonds is 10. The minimum atomic E-state index is -2.85. The maximum atomic E-state index is 12.5. The van der Waals surface area contributed by atoms with Gasteiger partial charge in [0.2, 0.25) is 0 Å². The highest BCUT2D eigenvalue weighted by molar-refractivity contribution is 5.73. The van der Waals surface area contributed by atoms with Gasteiger partial charge in [-0.2, -0.15) is 8.78 Å². The summed E-state index contributed by atoms with van der Waals surface area (Å²) in [6, 6.07) is 14.2. The largest absolute Gasteiger partial charge is 0.435 e. The molecular weight excluding hydrogens is 376 g/mol. The molecule has 2 aromatic carbocycles. The molecule has 0 atom stereocenters. The molecule has 0 bridgehead atoms. The van der Waals surface area contributed by atoms with E-state index in [1.165, 1.54) is 17.7 Å². The zero-order valence-corrected chi connectivity index (χ0v) is 17.2.